The third kappa shape index (κ3) is 1.95. The first kappa shape index (κ1) is 9.92. The fraction of sp³-hybridized carbons (Fsp3) is 0.333. The van der Waals surface area contributed by atoms with Crippen LogP contribution < -0.4 is 5.32 Å². The van der Waals surface area contributed by atoms with Gasteiger partial charge in [-0.15, -0.1) is 0 Å². The molecule has 0 saturated heterocycles. The summed E-state index contributed by atoms with van der Waals surface area (Å²) < 4.78 is 25.5. The highest BCUT2D eigenvalue weighted by molar-refractivity contribution is 5.36. The lowest BCUT2D eigenvalue weighted by molar-refractivity contribution is 0.413. The minimum atomic E-state index is -0.933. The molecule has 0 unspecified atom stereocenters. The fourth-order valence-corrected chi connectivity index (χ4v) is 1.07. The summed E-state index contributed by atoms with van der Waals surface area (Å²) in [7, 11) is 1.65. The van der Waals surface area contributed by atoms with E-state index in [0.717, 1.165) is 6.07 Å². The van der Waals surface area contributed by atoms with Crippen molar-refractivity contribution in [2.45, 2.75) is 13.0 Å². The molecule has 72 valence electrons. The molecule has 1 rings (SSSR count). The van der Waals surface area contributed by atoms with Crippen LogP contribution in [0.25, 0.3) is 0 Å². The van der Waals surface area contributed by atoms with E-state index in [1.807, 2.05) is 0 Å². The molecule has 13 heavy (non-hydrogen) atoms. The number of benzene rings is 1. The Labute approximate surface area is 75.2 Å². The molecule has 1 aromatic carbocycles. The quantitative estimate of drug-likeness (QED) is 0.741. The Morgan fingerprint density at radius 1 is 1.38 bits per heavy atom. The van der Waals surface area contributed by atoms with Crippen LogP contribution in [0.3, 0.4) is 0 Å². The van der Waals surface area contributed by atoms with Crippen LogP contribution in [-0.4, -0.2) is 12.2 Å². The van der Waals surface area contributed by atoms with Gasteiger partial charge in [-0.2, -0.15) is 0 Å². The van der Waals surface area contributed by atoms with Gasteiger partial charge in [-0.1, -0.05) is 0 Å². The third-order valence-electron chi connectivity index (χ3n) is 1.96. The van der Waals surface area contributed by atoms with Crippen LogP contribution in [0.15, 0.2) is 12.1 Å². The minimum absolute atomic E-state index is 0.222. The molecule has 1 atom stereocenters. The van der Waals surface area contributed by atoms with Crippen molar-refractivity contribution < 1.29 is 13.9 Å². The summed E-state index contributed by atoms with van der Waals surface area (Å²) in [5.41, 5.74) is 0.222. The van der Waals surface area contributed by atoms with Gasteiger partial charge in [0.25, 0.3) is 0 Å². The normalized spacial score (nSPS) is 12.9. The summed E-state index contributed by atoms with van der Waals surface area (Å²) in [6.07, 6.45) is 0. The Hall–Kier alpha value is -1.16. The zero-order chi connectivity index (χ0) is 10.0. The van der Waals surface area contributed by atoms with Gasteiger partial charge in [0.1, 0.15) is 5.82 Å². The first-order valence-corrected chi connectivity index (χ1v) is 3.91. The predicted molar refractivity (Wildman–Crippen MR) is 45.5 cm³/mol. The molecule has 0 aliphatic carbocycles. The van der Waals surface area contributed by atoms with Crippen molar-refractivity contribution in [3.63, 3.8) is 0 Å². The zero-order valence-electron chi connectivity index (χ0n) is 7.44. The van der Waals surface area contributed by atoms with Crippen LogP contribution in [0.2, 0.25) is 0 Å². The first-order valence-electron chi connectivity index (χ1n) is 3.91. The molecule has 2 N–H and O–H groups in total. The van der Waals surface area contributed by atoms with Gasteiger partial charge >= 0.3 is 0 Å². The maximum atomic E-state index is 12.8. The molecule has 0 aliphatic heterocycles. The molecule has 0 saturated carbocycles. The van der Waals surface area contributed by atoms with Gasteiger partial charge in [-0.3, -0.25) is 0 Å². The van der Waals surface area contributed by atoms with Gasteiger partial charge in [-0.05, 0) is 20.0 Å². The predicted octanol–water partition coefficient (Wildman–Crippen LogP) is 1.95. The molecule has 0 heterocycles. The van der Waals surface area contributed by atoms with Crippen LogP contribution in [0.5, 0.6) is 5.75 Å². The van der Waals surface area contributed by atoms with Crippen molar-refractivity contribution in [2.24, 2.45) is 0 Å². The molecule has 0 bridgehead atoms. The number of hydrogen-bond acceptors (Lipinski definition) is 2. The highest BCUT2D eigenvalue weighted by atomic mass is 19.1. The summed E-state index contributed by atoms with van der Waals surface area (Å²) in [5.74, 6) is -2.12. The van der Waals surface area contributed by atoms with E-state index in [1.165, 1.54) is 0 Å². The van der Waals surface area contributed by atoms with Gasteiger partial charge in [0.05, 0.1) is 0 Å². The largest absolute Gasteiger partial charge is 0.505 e. The zero-order valence-corrected chi connectivity index (χ0v) is 7.44. The van der Waals surface area contributed by atoms with E-state index in [4.69, 9.17) is 0 Å². The number of nitrogens with one attached hydrogen (secondary N) is 1. The van der Waals surface area contributed by atoms with E-state index in [1.54, 1.807) is 14.0 Å². The lowest BCUT2D eigenvalue weighted by Gasteiger charge is -2.12. The fourth-order valence-electron chi connectivity index (χ4n) is 1.07. The highest BCUT2D eigenvalue weighted by Crippen LogP contribution is 2.27. The summed E-state index contributed by atoms with van der Waals surface area (Å²) in [6, 6.07) is 1.48. The van der Waals surface area contributed by atoms with Gasteiger partial charge in [0, 0.05) is 17.7 Å². The summed E-state index contributed by atoms with van der Waals surface area (Å²) in [6.45, 7) is 1.70. The van der Waals surface area contributed by atoms with Gasteiger partial charge in [-0.25, -0.2) is 8.78 Å². The number of aromatic hydroxyl groups is 1. The van der Waals surface area contributed by atoms with Crippen molar-refractivity contribution in [3.05, 3.63) is 29.3 Å². The lowest BCUT2D eigenvalue weighted by atomic mass is 10.1. The Kier molecular flexibility index (Phi) is 2.83. The lowest BCUT2D eigenvalue weighted by Crippen LogP contribution is -2.13. The number of rotatable bonds is 2. The van der Waals surface area contributed by atoms with Crippen LogP contribution >= 0.6 is 0 Å². The summed E-state index contributed by atoms with van der Waals surface area (Å²) in [5, 5.41) is 12.0. The molecule has 1 aromatic rings. The Morgan fingerprint density at radius 2 is 2.00 bits per heavy atom. The molecular weight excluding hydrogens is 176 g/mol. The van der Waals surface area contributed by atoms with Crippen molar-refractivity contribution in [1.82, 2.24) is 5.32 Å². The molecule has 0 fully saturated rings. The molecule has 0 spiro atoms. The van der Waals surface area contributed by atoms with E-state index < -0.39 is 17.4 Å². The average molecular weight is 187 g/mol. The van der Waals surface area contributed by atoms with E-state index in [-0.39, 0.29) is 11.6 Å². The van der Waals surface area contributed by atoms with E-state index >= 15 is 0 Å². The average Bonchev–Trinajstić information content (AvgIpc) is 2.10. The van der Waals surface area contributed by atoms with Crippen molar-refractivity contribution in [1.29, 1.82) is 0 Å². The van der Waals surface area contributed by atoms with Crippen LogP contribution in [0, 0.1) is 11.6 Å². The highest BCUT2D eigenvalue weighted by Gasteiger charge is 2.14. The molecule has 0 aliphatic rings. The number of phenolic OH excluding ortho intramolecular Hbond substituents is 1. The Balaban J connectivity index is 3.20. The number of halogens is 2. The second kappa shape index (κ2) is 3.70. The van der Waals surface area contributed by atoms with Crippen LogP contribution in [0.1, 0.15) is 18.5 Å². The van der Waals surface area contributed by atoms with Crippen LogP contribution in [-0.2, 0) is 0 Å². The van der Waals surface area contributed by atoms with Gasteiger partial charge in [0.15, 0.2) is 11.6 Å². The molecule has 2 nitrogen and oxygen atoms in total. The monoisotopic (exact) mass is 187 g/mol. The van der Waals surface area contributed by atoms with Gasteiger partial charge < -0.3 is 10.4 Å². The van der Waals surface area contributed by atoms with E-state index in [0.29, 0.717) is 6.07 Å². The number of hydrogen-bond donors (Lipinski definition) is 2. The summed E-state index contributed by atoms with van der Waals surface area (Å²) in [4.78, 5) is 0. The Morgan fingerprint density at radius 3 is 2.54 bits per heavy atom. The standard InChI is InChI=1S/C9H11F2NO/c1-5(12-2)7-3-6(10)4-8(11)9(7)13/h3-5,12-13H,1-2H3/t5-/m1/s1. The topological polar surface area (TPSA) is 32.3 Å². The maximum absolute atomic E-state index is 12.8. The number of phenols is 1. The minimum Gasteiger partial charge on any atom is -0.505 e. The molecule has 0 radical (unpaired) electrons. The SMILES string of the molecule is CN[C@H](C)c1cc(F)cc(F)c1O. The van der Waals surface area contributed by atoms with Gasteiger partial charge in [0.2, 0.25) is 0 Å². The smallest absolute Gasteiger partial charge is 0.168 e. The maximum Gasteiger partial charge on any atom is 0.168 e. The van der Waals surface area contributed by atoms with E-state index in [2.05, 4.69) is 5.32 Å². The van der Waals surface area contributed by atoms with Crippen LogP contribution in [0.4, 0.5) is 8.78 Å². The van der Waals surface area contributed by atoms with Crippen molar-refractivity contribution in [2.75, 3.05) is 7.05 Å². The first-order chi connectivity index (χ1) is 6.06. The molecule has 0 amide bonds. The molecule has 4 heteroatoms. The summed E-state index contributed by atoms with van der Waals surface area (Å²) >= 11 is 0. The molecule has 0 aromatic heterocycles. The third-order valence-corrected chi connectivity index (χ3v) is 1.96. The Bertz CT molecular complexity index is 315. The second-order valence-electron chi connectivity index (χ2n) is 2.84. The van der Waals surface area contributed by atoms with E-state index in [9.17, 15) is 13.9 Å². The van der Waals surface area contributed by atoms with Crippen molar-refractivity contribution in [3.8, 4) is 5.75 Å². The van der Waals surface area contributed by atoms with Crippen molar-refractivity contribution >= 4 is 0 Å². The second-order valence-corrected chi connectivity index (χ2v) is 2.84. The molecular formula is C9H11F2NO.